The number of likely N-dealkylation sites (tertiary alicyclic amines) is 1. The molecule has 8 heteroatoms. The van der Waals surface area contributed by atoms with Gasteiger partial charge >= 0.3 is 0 Å². The summed E-state index contributed by atoms with van der Waals surface area (Å²) in [6.07, 6.45) is 3.42. The highest BCUT2D eigenvalue weighted by Crippen LogP contribution is 2.22. The molecule has 1 amide bonds. The molecule has 2 aromatic rings. The summed E-state index contributed by atoms with van der Waals surface area (Å²) in [5, 5.41) is 6.54. The van der Waals surface area contributed by atoms with Gasteiger partial charge in [0.05, 0.1) is 12.7 Å². The number of carbonyl (C=O) groups excluding carboxylic acids is 1. The molecule has 0 bridgehead atoms. The first-order chi connectivity index (χ1) is 13.8. The Bertz CT molecular complexity index is 872. The quantitative estimate of drug-likeness (QED) is 0.343. The molecule has 1 saturated heterocycles. The summed E-state index contributed by atoms with van der Waals surface area (Å²) >= 11 is 0. The average molecular weight is 525 g/mol. The van der Waals surface area contributed by atoms with Gasteiger partial charge in [0.25, 0.3) is 0 Å². The van der Waals surface area contributed by atoms with Crippen LogP contribution < -0.4 is 10.6 Å². The second-order valence-corrected chi connectivity index (χ2v) is 8.39. The lowest BCUT2D eigenvalue weighted by molar-refractivity contribution is -0.128. The van der Waals surface area contributed by atoms with E-state index in [-0.39, 0.29) is 35.3 Å². The molecule has 0 radical (unpaired) electrons. The molecule has 1 aromatic carbocycles. The topological polar surface area (TPSA) is 82.8 Å². The molecule has 1 aromatic heterocycles. The number of rotatable bonds is 6. The van der Waals surface area contributed by atoms with E-state index in [2.05, 4.69) is 59.6 Å². The number of halogens is 1. The molecule has 164 valence electrons. The maximum absolute atomic E-state index is 11.8. The highest BCUT2D eigenvalue weighted by molar-refractivity contribution is 14.0. The van der Waals surface area contributed by atoms with Gasteiger partial charge in [0.15, 0.2) is 5.96 Å². The van der Waals surface area contributed by atoms with Crippen molar-refractivity contribution < 1.29 is 9.21 Å². The molecule has 0 unspecified atom stereocenters. The van der Waals surface area contributed by atoms with Crippen LogP contribution in [0, 0.1) is 0 Å². The second kappa shape index (κ2) is 10.8. The summed E-state index contributed by atoms with van der Waals surface area (Å²) in [7, 11) is 1.74. The monoisotopic (exact) mass is 525 g/mol. The fraction of sp³-hybridized carbons (Fsp3) is 0.500. The van der Waals surface area contributed by atoms with Crippen molar-refractivity contribution in [2.45, 2.75) is 58.7 Å². The van der Waals surface area contributed by atoms with E-state index in [1.165, 1.54) is 0 Å². The lowest BCUT2D eigenvalue weighted by Gasteiger charge is -2.16. The Balaban J connectivity index is 0.00000320. The summed E-state index contributed by atoms with van der Waals surface area (Å²) in [6.45, 7) is 8.93. The first kappa shape index (κ1) is 24.2. The first-order valence-corrected chi connectivity index (χ1v) is 10.1. The van der Waals surface area contributed by atoms with E-state index >= 15 is 0 Å². The molecule has 1 aliphatic heterocycles. The van der Waals surface area contributed by atoms with Crippen LogP contribution in [-0.4, -0.2) is 35.3 Å². The van der Waals surface area contributed by atoms with Gasteiger partial charge in [-0.3, -0.25) is 9.79 Å². The van der Waals surface area contributed by atoms with E-state index < -0.39 is 0 Å². The smallest absolute Gasteiger partial charge is 0.222 e. The van der Waals surface area contributed by atoms with Gasteiger partial charge < -0.3 is 20.0 Å². The average Bonchev–Trinajstić information content (AvgIpc) is 3.32. The van der Waals surface area contributed by atoms with E-state index in [0.717, 1.165) is 29.9 Å². The number of nitrogens with zero attached hydrogens (tertiary/aromatic N) is 3. The Hall–Kier alpha value is -2.10. The number of aromatic nitrogens is 1. The zero-order valence-electron chi connectivity index (χ0n) is 18.2. The Kier molecular flexibility index (Phi) is 8.69. The number of hydrogen-bond acceptors (Lipinski definition) is 4. The van der Waals surface area contributed by atoms with E-state index in [4.69, 9.17) is 4.42 Å². The standard InChI is InChI=1S/C22H31N5O2.HI/c1-22(2,3)18-13-24-19(29-18)14-26-21(23-4)25-12-16-7-5-8-17(11-16)15-27-10-6-9-20(27)28;/h5,7-8,11,13H,6,9-10,12,14-15H2,1-4H3,(H2,23,25,26);1H. The highest BCUT2D eigenvalue weighted by Gasteiger charge is 2.20. The second-order valence-electron chi connectivity index (χ2n) is 8.39. The number of benzene rings is 1. The minimum absolute atomic E-state index is 0. The lowest BCUT2D eigenvalue weighted by Crippen LogP contribution is -2.36. The van der Waals surface area contributed by atoms with E-state index in [1.54, 1.807) is 13.2 Å². The van der Waals surface area contributed by atoms with E-state index in [9.17, 15) is 4.79 Å². The van der Waals surface area contributed by atoms with Crippen molar-refractivity contribution in [1.29, 1.82) is 0 Å². The van der Waals surface area contributed by atoms with Gasteiger partial charge in [0.2, 0.25) is 11.8 Å². The predicted molar refractivity (Wildman–Crippen MR) is 129 cm³/mol. The molecule has 7 nitrogen and oxygen atoms in total. The maximum atomic E-state index is 11.8. The molecule has 2 heterocycles. The van der Waals surface area contributed by atoms with Crippen LogP contribution in [0.1, 0.15) is 56.4 Å². The summed E-state index contributed by atoms with van der Waals surface area (Å²) in [6, 6.07) is 8.30. The minimum atomic E-state index is -0.0596. The van der Waals surface area contributed by atoms with Crippen LogP contribution in [0.25, 0.3) is 0 Å². The highest BCUT2D eigenvalue weighted by atomic mass is 127. The van der Waals surface area contributed by atoms with Gasteiger partial charge in [0, 0.05) is 38.5 Å². The summed E-state index contributed by atoms with van der Waals surface area (Å²) in [5.41, 5.74) is 2.23. The Morgan fingerprint density at radius 3 is 2.60 bits per heavy atom. The van der Waals surface area contributed by atoms with Crippen LogP contribution in [0.5, 0.6) is 0 Å². The van der Waals surface area contributed by atoms with Crippen molar-refractivity contribution in [3.05, 3.63) is 53.2 Å². The Morgan fingerprint density at radius 1 is 1.23 bits per heavy atom. The number of hydrogen-bond donors (Lipinski definition) is 2. The molecule has 30 heavy (non-hydrogen) atoms. The van der Waals surface area contributed by atoms with Crippen LogP contribution in [0.4, 0.5) is 0 Å². The Labute approximate surface area is 195 Å². The van der Waals surface area contributed by atoms with Crippen molar-refractivity contribution in [3.8, 4) is 0 Å². The van der Waals surface area contributed by atoms with Crippen LogP contribution in [0.3, 0.4) is 0 Å². The van der Waals surface area contributed by atoms with Crippen molar-refractivity contribution in [2.75, 3.05) is 13.6 Å². The SMILES string of the molecule is CN=C(NCc1cccc(CN2CCCC2=O)c1)NCc1ncc(C(C)(C)C)o1.I. The van der Waals surface area contributed by atoms with Crippen LogP contribution in [0.15, 0.2) is 39.9 Å². The van der Waals surface area contributed by atoms with Crippen LogP contribution in [0.2, 0.25) is 0 Å². The number of nitrogens with one attached hydrogen (secondary N) is 2. The zero-order valence-corrected chi connectivity index (χ0v) is 20.5. The first-order valence-electron chi connectivity index (χ1n) is 10.1. The number of carbonyl (C=O) groups is 1. The normalized spacial score (nSPS) is 14.6. The number of oxazole rings is 1. The molecular formula is C22H32IN5O2. The van der Waals surface area contributed by atoms with Gasteiger partial charge in [-0.1, -0.05) is 45.0 Å². The predicted octanol–water partition coefficient (Wildman–Crippen LogP) is 3.58. The van der Waals surface area contributed by atoms with Crippen molar-refractivity contribution in [1.82, 2.24) is 20.5 Å². The molecule has 0 saturated carbocycles. The third kappa shape index (κ3) is 6.72. The molecular weight excluding hydrogens is 493 g/mol. The van der Waals surface area contributed by atoms with Gasteiger partial charge in [-0.2, -0.15) is 0 Å². The van der Waals surface area contributed by atoms with Gasteiger partial charge in [-0.25, -0.2) is 4.98 Å². The number of amides is 1. The lowest BCUT2D eigenvalue weighted by atomic mass is 9.94. The number of aliphatic imine (C=N–C) groups is 1. The van der Waals surface area contributed by atoms with Crippen LogP contribution >= 0.6 is 24.0 Å². The fourth-order valence-corrected chi connectivity index (χ4v) is 3.23. The Morgan fingerprint density at radius 2 is 1.97 bits per heavy atom. The molecule has 0 atom stereocenters. The molecule has 2 N–H and O–H groups in total. The zero-order chi connectivity index (χ0) is 20.9. The van der Waals surface area contributed by atoms with Crippen LogP contribution in [-0.2, 0) is 29.8 Å². The molecule has 0 aliphatic carbocycles. The van der Waals surface area contributed by atoms with Gasteiger partial charge in [-0.05, 0) is 17.5 Å². The summed E-state index contributed by atoms with van der Waals surface area (Å²) in [4.78, 5) is 22.4. The number of guanidine groups is 1. The van der Waals surface area contributed by atoms with Gasteiger partial charge in [0.1, 0.15) is 5.76 Å². The maximum Gasteiger partial charge on any atom is 0.222 e. The molecule has 1 aliphatic rings. The fourth-order valence-electron chi connectivity index (χ4n) is 3.23. The van der Waals surface area contributed by atoms with Crippen molar-refractivity contribution >= 4 is 35.8 Å². The summed E-state index contributed by atoms with van der Waals surface area (Å²) < 4.78 is 5.80. The third-order valence-corrected chi connectivity index (χ3v) is 4.92. The largest absolute Gasteiger partial charge is 0.443 e. The van der Waals surface area contributed by atoms with Gasteiger partial charge in [-0.15, -0.1) is 24.0 Å². The van der Waals surface area contributed by atoms with E-state index in [1.807, 2.05) is 11.0 Å². The van der Waals surface area contributed by atoms with Crippen molar-refractivity contribution in [2.24, 2.45) is 4.99 Å². The minimum Gasteiger partial charge on any atom is -0.443 e. The molecule has 0 spiro atoms. The van der Waals surface area contributed by atoms with E-state index in [0.29, 0.717) is 37.9 Å². The molecule has 1 fully saturated rings. The summed E-state index contributed by atoms with van der Waals surface area (Å²) in [5.74, 6) is 2.43. The van der Waals surface area contributed by atoms with Crippen molar-refractivity contribution in [3.63, 3.8) is 0 Å². The third-order valence-electron chi connectivity index (χ3n) is 4.92. The molecule has 3 rings (SSSR count).